The number of unbranched alkanes of at least 4 members (excludes halogenated alkanes) is 4. The van der Waals surface area contributed by atoms with Crippen LogP contribution in [0.15, 0.2) is 85.2 Å². The summed E-state index contributed by atoms with van der Waals surface area (Å²) in [6, 6.07) is 23.5. The Morgan fingerprint density at radius 1 is 0.609 bits per heavy atom. The van der Waals surface area contributed by atoms with Gasteiger partial charge < -0.3 is 18.9 Å². The largest absolute Gasteiger partial charge is 0.493 e. The standard InChI is InChI=1S/C27H33NO5S.C19H20N2O3S.C7H13IO2/c1-3-5-6-7-25(29)33-18-23-26(30)24(34-27(23)31)16-20-9-12-22(13-10-20)32-15-14-21-11-8-19(4-2)17-28-21;1-2-13-3-6-15(20-12-13)9-10-24-16-7-4-14(5-8-16)11-17-18(22)21-19(23)25-17;1-2-3-4-5-7(9)10-6-8/h8-13,17,23-24H,3-7,14-16,18H2,1-2H3;3-8,12,17H,2,9-11H2,1H3,(H,21,22,23);2-6H2,1H3. The maximum absolute atomic E-state index is 12.7. The number of ketones is 1. The second kappa shape index (κ2) is 32.1. The Balaban J connectivity index is 0.000000258. The first-order valence-corrected chi connectivity index (χ1v) is 27.2. The molecule has 2 amide bonds. The minimum Gasteiger partial charge on any atom is -0.493 e. The maximum atomic E-state index is 12.7. The van der Waals surface area contributed by atoms with Gasteiger partial charge in [0.2, 0.25) is 11.0 Å². The predicted octanol–water partition coefficient (Wildman–Crippen LogP) is 10.4. The number of Topliss-reactive ketones (excluding diaryl/α,β-unsaturated/α-hetero) is 1. The number of esters is 2. The molecule has 2 fully saturated rings. The number of imide groups is 1. The van der Waals surface area contributed by atoms with E-state index in [1.54, 1.807) is 0 Å². The Hall–Kier alpha value is -4.81. The van der Waals surface area contributed by atoms with Crippen molar-refractivity contribution in [2.75, 3.05) is 24.4 Å². The number of amides is 2. The van der Waals surface area contributed by atoms with Gasteiger partial charge in [-0.3, -0.25) is 44.1 Å². The monoisotopic (exact) mass is 1100 g/mol. The molecule has 2 aliphatic heterocycles. The zero-order chi connectivity index (χ0) is 49.8. The normalized spacial score (nSPS) is 16.2. The van der Waals surface area contributed by atoms with Crippen LogP contribution in [0.1, 0.15) is 113 Å². The molecule has 0 radical (unpaired) electrons. The van der Waals surface area contributed by atoms with Crippen molar-refractivity contribution in [1.82, 2.24) is 15.3 Å². The van der Waals surface area contributed by atoms with Crippen LogP contribution in [0, 0.1) is 5.92 Å². The van der Waals surface area contributed by atoms with Crippen LogP contribution in [-0.4, -0.2) is 78.9 Å². The minimum atomic E-state index is -0.854. The zero-order valence-corrected chi connectivity index (χ0v) is 44.0. The molecule has 0 bridgehead atoms. The van der Waals surface area contributed by atoms with Gasteiger partial charge in [0.1, 0.15) is 28.6 Å². The molecule has 3 unspecified atom stereocenters. The number of rotatable bonds is 25. The lowest BCUT2D eigenvalue weighted by Gasteiger charge is -2.11. The first kappa shape index (κ1) is 56.8. The van der Waals surface area contributed by atoms with E-state index in [4.69, 9.17) is 18.9 Å². The third-order valence-electron chi connectivity index (χ3n) is 11.1. The van der Waals surface area contributed by atoms with Gasteiger partial charge in [0.25, 0.3) is 5.24 Å². The molecule has 4 heterocycles. The number of alkyl halides is 1. The number of benzene rings is 2. The van der Waals surface area contributed by atoms with Crippen LogP contribution in [0.25, 0.3) is 0 Å². The Bertz CT molecular complexity index is 2210. The van der Waals surface area contributed by atoms with E-state index in [0.717, 1.165) is 122 Å². The number of thioether (sulfide) groups is 2. The Kier molecular flexibility index (Phi) is 26.5. The van der Waals surface area contributed by atoms with E-state index in [2.05, 4.69) is 55.1 Å². The molecule has 13 nitrogen and oxygen atoms in total. The molecule has 69 heavy (non-hydrogen) atoms. The van der Waals surface area contributed by atoms with Crippen molar-refractivity contribution in [3.05, 3.63) is 119 Å². The lowest BCUT2D eigenvalue weighted by Crippen LogP contribution is -2.26. The summed E-state index contributed by atoms with van der Waals surface area (Å²) in [7, 11) is 0. The van der Waals surface area contributed by atoms with E-state index in [9.17, 15) is 28.8 Å². The number of carbonyl (C=O) groups is 6. The van der Waals surface area contributed by atoms with Crippen LogP contribution < -0.4 is 14.8 Å². The van der Waals surface area contributed by atoms with Crippen LogP contribution in [-0.2, 0) is 72.0 Å². The smallest absolute Gasteiger partial charge is 0.306 e. The van der Waals surface area contributed by atoms with Gasteiger partial charge in [0.05, 0.1) is 23.7 Å². The van der Waals surface area contributed by atoms with Crippen LogP contribution in [0.4, 0.5) is 4.79 Å². The van der Waals surface area contributed by atoms with E-state index in [0.29, 0.717) is 43.5 Å². The first-order valence-electron chi connectivity index (χ1n) is 23.9. The number of hydrogen-bond donors (Lipinski definition) is 1. The molecule has 0 aliphatic carbocycles. The number of halogens is 1. The summed E-state index contributed by atoms with van der Waals surface area (Å²) >= 11 is 4.12. The lowest BCUT2D eigenvalue weighted by atomic mass is 9.99. The summed E-state index contributed by atoms with van der Waals surface area (Å²) in [6.45, 7) is 9.34. The van der Waals surface area contributed by atoms with Gasteiger partial charge in [-0.1, -0.05) is 113 Å². The number of hydrogen-bond acceptors (Lipinski definition) is 14. The quantitative estimate of drug-likeness (QED) is 0.0218. The topological polar surface area (TPSA) is 177 Å². The van der Waals surface area contributed by atoms with Crippen LogP contribution in [0.5, 0.6) is 11.5 Å². The van der Waals surface area contributed by atoms with Crippen LogP contribution >= 0.6 is 46.1 Å². The average Bonchev–Trinajstić information content (AvgIpc) is 3.82. The number of carbonyl (C=O) groups excluding carboxylic acids is 6. The molecular weight excluding hydrogens is 1030 g/mol. The molecule has 4 aromatic rings. The third-order valence-corrected chi connectivity index (χ3v) is 13.6. The first-order chi connectivity index (χ1) is 33.4. The molecule has 372 valence electrons. The summed E-state index contributed by atoms with van der Waals surface area (Å²) < 4.78 is 22.0. The van der Waals surface area contributed by atoms with E-state index >= 15 is 0 Å². The highest BCUT2D eigenvalue weighted by Gasteiger charge is 2.42. The van der Waals surface area contributed by atoms with Crippen molar-refractivity contribution in [2.45, 2.75) is 128 Å². The van der Waals surface area contributed by atoms with Gasteiger partial charge in [-0.25, -0.2) is 0 Å². The molecule has 3 atom stereocenters. The van der Waals surface area contributed by atoms with Crippen molar-refractivity contribution >= 4 is 80.1 Å². The molecule has 1 N–H and O–H groups in total. The van der Waals surface area contributed by atoms with Crippen LogP contribution in [0.2, 0.25) is 0 Å². The summed E-state index contributed by atoms with van der Waals surface area (Å²) in [6.07, 6.45) is 15.2. The summed E-state index contributed by atoms with van der Waals surface area (Å²) in [5, 5.41) is 1.04. The van der Waals surface area contributed by atoms with Gasteiger partial charge in [-0.15, -0.1) is 0 Å². The molecule has 0 saturated carbocycles. The molecule has 2 aromatic heterocycles. The number of pyridine rings is 2. The third kappa shape index (κ3) is 21.4. The van der Waals surface area contributed by atoms with Gasteiger partial charge in [0.15, 0.2) is 5.78 Å². The highest BCUT2D eigenvalue weighted by atomic mass is 127. The number of ether oxygens (including phenoxy) is 4. The SMILES string of the molecule is CCCCCC(=O)OCC1C(=O)SC(Cc2ccc(OCCc3ccc(CC)cn3)cc2)C1=O.CCCCCC(=O)OCI.CCc1ccc(CCOc2ccc(CC3SC(=O)NC3=O)cc2)nc1. The fourth-order valence-corrected chi connectivity index (χ4v) is 9.30. The van der Waals surface area contributed by atoms with E-state index in [1.807, 2.05) is 95.6 Å². The number of aryl methyl sites for hydroxylation is 2. The molecule has 2 saturated heterocycles. The zero-order valence-electron chi connectivity index (χ0n) is 40.2. The lowest BCUT2D eigenvalue weighted by molar-refractivity contribution is -0.147. The van der Waals surface area contributed by atoms with Crippen molar-refractivity contribution in [3.8, 4) is 11.5 Å². The van der Waals surface area contributed by atoms with Crippen molar-refractivity contribution in [2.24, 2.45) is 5.92 Å². The number of aromatic nitrogens is 2. The van der Waals surface area contributed by atoms with Crippen molar-refractivity contribution in [3.63, 3.8) is 0 Å². The molecule has 6 rings (SSSR count). The van der Waals surface area contributed by atoms with Crippen LogP contribution in [0.3, 0.4) is 0 Å². The fourth-order valence-electron chi connectivity index (χ4n) is 6.90. The minimum absolute atomic E-state index is 0.0668. The Morgan fingerprint density at radius 3 is 1.51 bits per heavy atom. The molecule has 2 aliphatic rings. The van der Waals surface area contributed by atoms with Gasteiger partial charge in [-0.05, 0) is 120 Å². The highest BCUT2D eigenvalue weighted by Crippen LogP contribution is 2.33. The Morgan fingerprint density at radius 2 is 1.09 bits per heavy atom. The summed E-state index contributed by atoms with van der Waals surface area (Å²) in [5.74, 6) is -0.0885. The van der Waals surface area contributed by atoms with Crippen molar-refractivity contribution in [1.29, 1.82) is 0 Å². The molecular formula is C53H66IN3O10S2. The highest BCUT2D eigenvalue weighted by molar-refractivity contribution is 14.1. The summed E-state index contributed by atoms with van der Waals surface area (Å²) in [4.78, 5) is 79.2. The second-order valence-electron chi connectivity index (χ2n) is 16.4. The summed E-state index contributed by atoms with van der Waals surface area (Å²) in [5.41, 5.74) is 6.43. The molecule has 0 spiro atoms. The molecule has 16 heteroatoms. The van der Waals surface area contributed by atoms with Crippen molar-refractivity contribution < 1.29 is 47.7 Å². The fraction of sp³-hybridized carbons (Fsp3) is 0.472. The van der Waals surface area contributed by atoms with E-state index < -0.39 is 11.2 Å². The van der Waals surface area contributed by atoms with E-state index in [-0.39, 0.29) is 45.8 Å². The van der Waals surface area contributed by atoms with Gasteiger partial charge in [-0.2, -0.15) is 0 Å². The average molecular weight is 1100 g/mol. The van der Waals surface area contributed by atoms with Gasteiger partial charge in [0, 0.05) is 49.5 Å². The maximum Gasteiger partial charge on any atom is 0.306 e. The number of nitrogens with one attached hydrogen (secondary N) is 1. The predicted molar refractivity (Wildman–Crippen MR) is 280 cm³/mol. The Labute approximate surface area is 429 Å². The molecule has 2 aromatic carbocycles. The second-order valence-corrected chi connectivity index (χ2v) is 19.4. The van der Waals surface area contributed by atoms with Gasteiger partial charge >= 0.3 is 11.9 Å². The van der Waals surface area contributed by atoms with E-state index in [1.165, 1.54) is 11.1 Å². The number of nitrogens with zero attached hydrogens (tertiary/aromatic N) is 2.